The van der Waals surface area contributed by atoms with E-state index in [9.17, 15) is 0 Å². The van der Waals surface area contributed by atoms with Crippen molar-refractivity contribution in [1.29, 1.82) is 0 Å². The maximum absolute atomic E-state index is 6.79. The first-order chi connectivity index (χ1) is 24.2. The third-order valence-electron chi connectivity index (χ3n) is 10.9. The zero-order valence-corrected chi connectivity index (χ0v) is 33.7. The van der Waals surface area contributed by atoms with Crippen LogP contribution in [0.5, 0.6) is 0 Å². The molecule has 0 bridgehead atoms. The highest BCUT2D eigenvalue weighted by Crippen LogP contribution is 2.45. The zero-order valence-electron chi connectivity index (χ0n) is 33.7. The largest absolute Gasteiger partial charge is 0.118 e. The Morgan fingerprint density at radius 1 is 0.288 bits per heavy atom. The molecule has 0 radical (unpaired) electrons. The molecule has 52 heavy (non-hydrogen) atoms. The molecule has 0 aliphatic heterocycles. The molecule has 0 fully saturated rings. The van der Waals surface area contributed by atoms with E-state index in [-0.39, 0.29) is 21.7 Å². The third-order valence-corrected chi connectivity index (χ3v) is 10.9. The number of benzene rings is 5. The lowest BCUT2D eigenvalue weighted by Gasteiger charge is -2.35. The van der Waals surface area contributed by atoms with E-state index in [1.165, 1.54) is 22.3 Å². The Bertz CT molecular complexity index is 1810. The summed E-state index contributed by atoms with van der Waals surface area (Å²) in [5, 5.41) is 0. The minimum absolute atomic E-state index is 0.0169. The first kappa shape index (κ1) is 38.5. The van der Waals surface area contributed by atoms with Crippen LogP contribution in [0.2, 0.25) is 0 Å². The summed E-state index contributed by atoms with van der Waals surface area (Å²) < 4.78 is 0. The Labute approximate surface area is 316 Å². The fourth-order valence-electron chi connectivity index (χ4n) is 7.37. The third kappa shape index (κ3) is 7.15. The summed E-state index contributed by atoms with van der Waals surface area (Å²) in [7, 11) is 0. The van der Waals surface area contributed by atoms with Gasteiger partial charge in [0.15, 0.2) is 0 Å². The first-order valence-electron chi connectivity index (χ1n) is 18.7. The molecular weight excluding hydrogens is 625 g/mol. The standard InChI is InChI=1S/C52H58/c1-15-51(41-28-20-37(21-29-41)47(3,4)5,42-30-22-38(23-31-42)48(6,7)8)45-18-17-19-46(36-45)52(16-2,43-32-24-39(25-33-43)49(9,10)11)44-34-26-40(27-35-44)50(12,13)14/h1-2,17-36H,3-14H3. The summed E-state index contributed by atoms with van der Waals surface area (Å²) in [5.74, 6) is 6.71. The van der Waals surface area contributed by atoms with Crippen LogP contribution in [0.25, 0.3) is 0 Å². The molecule has 0 unspecified atom stereocenters. The fraction of sp³-hybridized carbons (Fsp3) is 0.346. The molecule has 0 aromatic heterocycles. The van der Waals surface area contributed by atoms with Crippen molar-refractivity contribution >= 4 is 0 Å². The Hall–Kier alpha value is -4.78. The van der Waals surface area contributed by atoms with E-state index in [1.54, 1.807) is 0 Å². The van der Waals surface area contributed by atoms with Gasteiger partial charge in [0.05, 0.1) is 0 Å². The van der Waals surface area contributed by atoms with Crippen LogP contribution in [-0.2, 0) is 32.5 Å². The molecule has 5 aromatic carbocycles. The lowest BCUT2D eigenvalue weighted by atomic mass is 9.65. The Morgan fingerprint density at radius 3 is 0.654 bits per heavy atom. The van der Waals surface area contributed by atoms with E-state index in [0.717, 1.165) is 33.4 Å². The second-order valence-corrected chi connectivity index (χ2v) is 18.7. The van der Waals surface area contributed by atoms with Crippen molar-refractivity contribution in [3.8, 4) is 24.7 Å². The molecule has 0 N–H and O–H groups in total. The average molecular weight is 683 g/mol. The molecule has 5 rings (SSSR count). The molecular formula is C52H58. The van der Waals surface area contributed by atoms with Gasteiger partial charge >= 0.3 is 0 Å². The van der Waals surface area contributed by atoms with Crippen LogP contribution in [0.1, 0.15) is 139 Å². The molecule has 5 aromatic rings. The number of terminal acetylenes is 2. The van der Waals surface area contributed by atoms with Crippen LogP contribution in [0.15, 0.2) is 121 Å². The zero-order chi connectivity index (χ0) is 38.3. The fourth-order valence-corrected chi connectivity index (χ4v) is 7.37. The van der Waals surface area contributed by atoms with Gasteiger partial charge in [-0.15, -0.1) is 12.8 Å². The molecule has 0 saturated heterocycles. The molecule has 0 spiro atoms. The van der Waals surface area contributed by atoms with Crippen molar-refractivity contribution < 1.29 is 0 Å². The first-order valence-corrected chi connectivity index (χ1v) is 18.7. The minimum atomic E-state index is -0.866. The summed E-state index contributed by atoms with van der Waals surface area (Å²) in [6, 6.07) is 44.3. The highest BCUT2D eigenvalue weighted by molar-refractivity contribution is 5.63. The van der Waals surface area contributed by atoms with Gasteiger partial charge in [0.1, 0.15) is 10.8 Å². The molecule has 0 nitrogen and oxygen atoms in total. The van der Waals surface area contributed by atoms with Crippen LogP contribution in [0, 0.1) is 24.7 Å². The van der Waals surface area contributed by atoms with E-state index in [1.807, 2.05) is 0 Å². The molecule has 0 aliphatic carbocycles. The quantitative estimate of drug-likeness (QED) is 0.124. The van der Waals surface area contributed by atoms with Gasteiger partial charge in [-0.3, -0.25) is 0 Å². The molecule has 0 heterocycles. The van der Waals surface area contributed by atoms with Gasteiger partial charge in [-0.2, -0.15) is 0 Å². The van der Waals surface area contributed by atoms with Crippen molar-refractivity contribution in [3.05, 3.63) is 177 Å². The predicted octanol–water partition coefficient (Wildman–Crippen LogP) is 12.8. The maximum Gasteiger partial charge on any atom is 0.106 e. The molecule has 0 heteroatoms. The van der Waals surface area contributed by atoms with Gasteiger partial charge in [0.2, 0.25) is 0 Å². The lowest BCUT2D eigenvalue weighted by Crippen LogP contribution is -2.31. The maximum atomic E-state index is 6.79. The van der Waals surface area contributed by atoms with Gasteiger partial charge in [-0.1, -0.05) is 216 Å². The molecule has 0 aliphatic rings. The second kappa shape index (κ2) is 13.6. The van der Waals surface area contributed by atoms with Crippen molar-refractivity contribution in [2.45, 2.75) is 116 Å². The molecule has 0 amide bonds. The second-order valence-electron chi connectivity index (χ2n) is 18.7. The highest BCUT2D eigenvalue weighted by Gasteiger charge is 2.39. The van der Waals surface area contributed by atoms with Crippen molar-refractivity contribution in [1.82, 2.24) is 0 Å². The monoisotopic (exact) mass is 682 g/mol. The predicted molar refractivity (Wildman–Crippen MR) is 224 cm³/mol. The Kier molecular flexibility index (Phi) is 10.1. The van der Waals surface area contributed by atoms with Crippen LogP contribution in [0.3, 0.4) is 0 Å². The van der Waals surface area contributed by atoms with Gasteiger partial charge < -0.3 is 0 Å². The van der Waals surface area contributed by atoms with Crippen molar-refractivity contribution in [2.75, 3.05) is 0 Å². The van der Waals surface area contributed by atoms with Gasteiger partial charge in [-0.05, 0) is 77.3 Å². The highest BCUT2D eigenvalue weighted by atomic mass is 14.4. The van der Waals surface area contributed by atoms with E-state index in [4.69, 9.17) is 12.8 Å². The van der Waals surface area contributed by atoms with Gasteiger partial charge in [0.25, 0.3) is 0 Å². The number of hydrogen-bond donors (Lipinski definition) is 0. The topological polar surface area (TPSA) is 0 Å². The van der Waals surface area contributed by atoms with Crippen LogP contribution < -0.4 is 0 Å². The summed E-state index contributed by atoms with van der Waals surface area (Å²) in [5.41, 5.74) is 9.64. The molecule has 0 atom stereocenters. The van der Waals surface area contributed by atoms with Gasteiger partial charge in [0, 0.05) is 0 Å². The normalized spacial score (nSPS) is 13.0. The Balaban J connectivity index is 1.82. The molecule has 266 valence electrons. The van der Waals surface area contributed by atoms with Crippen LogP contribution in [0.4, 0.5) is 0 Å². The summed E-state index contributed by atoms with van der Waals surface area (Å²) in [6.07, 6.45) is 13.6. The number of rotatable bonds is 6. The van der Waals surface area contributed by atoms with E-state index >= 15 is 0 Å². The van der Waals surface area contributed by atoms with Crippen LogP contribution in [-0.4, -0.2) is 0 Å². The summed E-state index contributed by atoms with van der Waals surface area (Å²) in [4.78, 5) is 0. The van der Waals surface area contributed by atoms with E-state index in [2.05, 4.69) is 216 Å². The van der Waals surface area contributed by atoms with E-state index in [0.29, 0.717) is 0 Å². The average Bonchev–Trinajstić information content (AvgIpc) is 3.09. The summed E-state index contributed by atoms with van der Waals surface area (Å²) in [6.45, 7) is 26.9. The number of hydrogen-bond acceptors (Lipinski definition) is 0. The van der Waals surface area contributed by atoms with Crippen LogP contribution >= 0.6 is 0 Å². The molecule has 0 saturated carbocycles. The van der Waals surface area contributed by atoms with Gasteiger partial charge in [-0.25, -0.2) is 0 Å². The minimum Gasteiger partial charge on any atom is -0.118 e. The summed E-state index contributed by atoms with van der Waals surface area (Å²) >= 11 is 0. The smallest absolute Gasteiger partial charge is 0.106 e. The van der Waals surface area contributed by atoms with Crippen molar-refractivity contribution in [2.24, 2.45) is 0 Å². The van der Waals surface area contributed by atoms with Crippen molar-refractivity contribution in [3.63, 3.8) is 0 Å². The lowest BCUT2D eigenvalue weighted by molar-refractivity contribution is 0.588. The van der Waals surface area contributed by atoms with E-state index < -0.39 is 10.8 Å². The SMILES string of the molecule is C#CC(c1ccc(C(C)(C)C)cc1)(c1ccc(C(C)(C)C)cc1)c1cccc(C(C#C)(c2ccc(C(C)(C)C)cc2)c2ccc(C(C)(C)C)cc2)c1. The Morgan fingerprint density at radius 2 is 0.481 bits per heavy atom.